The lowest BCUT2D eigenvalue weighted by Crippen LogP contribution is -2.30. The average Bonchev–Trinajstić information content (AvgIpc) is 1.46. The van der Waals surface area contributed by atoms with Crippen LogP contribution in [0.5, 0.6) is 0 Å². The van der Waals surface area contributed by atoms with E-state index in [9.17, 15) is 43.2 Å². The van der Waals surface area contributed by atoms with E-state index in [2.05, 4.69) is 41.5 Å². The molecular formula is C78H152O17P2. The van der Waals surface area contributed by atoms with E-state index in [0.717, 1.165) is 102 Å². The van der Waals surface area contributed by atoms with Gasteiger partial charge in [0.15, 0.2) is 12.2 Å². The second-order valence-corrected chi connectivity index (χ2v) is 31.7. The van der Waals surface area contributed by atoms with Crippen molar-refractivity contribution in [2.24, 2.45) is 11.8 Å². The molecule has 0 fully saturated rings. The molecular weight excluding hydrogens is 1270 g/mol. The van der Waals surface area contributed by atoms with Gasteiger partial charge in [-0.25, -0.2) is 9.13 Å². The van der Waals surface area contributed by atoms with E-state index in [1.54, 1.807) is 0 Å². The third-order valence-corrected chi connectivity index (χ3v) is 20.5. The third kappa shape index (κ3) is 70.9. The Hall–Kier alpha value is -1.94. The first-order valence-corrected chi connectivity index (χ1v) is 43.5. The molecule has 19 heteroatoms. The first-order chi connectivity index (χ1) is 46.9. The number of ether oxygens (including phenoxy) is 4. The van der Waals surface area contributed by atoms with Gasteiger partial charge in [-0.15, -0.1) is 0 Å². The van der Waals surface area contributed by atoms with Gasteiger partial charge >= 0.3 is 39.5 Å². The van der Waals surface area contributed by atoms with Gasteiger partial charge in [0.05, 0.1) is 26.4 Å². The molecule has 3 N–H and O–H groups in total. The summed E-state index contributed by atoms with van der Waals surface area (Å²) in [6, 6.07) is 0. The van der Waals surface area contributed by atoms with E-state index < -0.39 is 97.5 Å². The van der Waals surface area contributed by atoms with E-state index in [1.807, 2.05) is 0 Å². The summed E-state index contributed by atoms with van der Waals surface area (Å²) in [5.74, 6) is -0.561. The zero-order chi connectivity index (χ0) is 71.4. The molecule has 0 bridgehead atoms. The first kappa shape index (κ1) is 95.1. The molecule has 0 spiro atoms. The summed E-state index contributed by atoms with van der Waals surface area (Å²) in [5.41, 5.74) is 0. The molecule has 0 aliphatic rings. The molecule has 0 saturated heterocycles. The summed E-state index contributed by atoms with van der Waals surface area (Å²) < 4.78 is 68.6. The molecule has 576 valence electrons. The Balaban J connectivity index is 5.24. The SMILES string of the molecule is CCCCCCCCCCCCCCCCCCCC(=O)OC[C@H](COP(=O)(O)OC[C@@H](O)COP(=O)(O)OC[C@@H](COC(=O)CCCCCCCCCC(C)C)OC(=O)CCCCCCCCCCCCCC)OC(=O)CCCCCCCCCCCCCCCCC(C)CC. The third-order valence-electron chi connectivity index (χ3n) is 18.6. The minimum absolute atomic E-state index is 0.107. The maximum Gasteiger partial charge on any atom is 0.472 e. The number of aliphatic hydroxyl groups excluding tert-OH is 1. The Bertz CT molecular complexity index is 1870. The quantitative estimate of drug-likeness (QED) is 0.0222. The maximum atomic E-state index is 13.1. The molecule has 0 rings (SSSR count). The van der Waals surface area contributed by atoms with E-state index in [1.165, 1.54) is 218 Å². The molecule has 0 aromatic carbocycles. The van der Waals surface area contributed by atoms with Crippen molar-refractivity contribution in [2.45, 2.75) is 426 Å². The molecule has 0 saturated carbocycles. The molecule has 0 amide bonds. The van der Waals surface area contributed by atoms with Gasteiger partial charge in [-0.2, -0.15) is 0 Å². The molecule has 0 aromatic rings. The number of unbranched alkanes of at least 4 members (excludes halogenated alkanes) is 46. The van der Waals surface area contributed by atoms with Crippen LogP contribution in [0.4, 0.5) is 0 Å². The highest BCUT2D eigenvalue weighted by Gasteiger charge is 2.30. The number of phosphoric acid groups is 2. The van der Waals surface area contributed by atoms with Crippen LogP contribution < -0.4 is 0 Å². The fraction of sp³-hybridized carbons (Fsp3) is 0.949. The number of phosphoric ester groups is 2. The fourth-order valence-corrected chi connectivity index (χ4v) is 13.6. The molecule has 0 aliphatic carbocycles. The van der Waals surface area contributed by atoms with Gasteiger partial charge in [0.1, 0.15) is 19.3 Å². The van der Waals surface area contributed by atoms with Crippen molar-refractivity contribution in [3.05, 3.63) is 0 Å². The van der Waals surface area contributed by atoms with Crippen LogP contribution in [0.1, 0.15) is 408 Å². The molecule has 0 radical (unpaired) electrons. The van der Waals surface area contributed by atoms with Crippen LogP contribution in [0.15, 0.2) is 0 Å². The largest absolute Gasteiger partial charge is 0.472 e. The molecule has 17 nitrogen and oxygen atoms in total. The predicted molar refractivity (Wildman–Crippen MR) is 395 cm³/mol. The van der Waals surface area contributed by atoms with Gasteiger partial charge in [0.25, 0.3) is 0 Å². The van der Waals surface area contributed by atoms with Gasteiger partial charge in [-0.05, 0) is 37.5 Å². The monoisotopic (exact) mass is 1420 g/mol. The minimum atomic E-state index is -4.96. The van der Waals surface area contributed by atoms with Crippen molar-refractivity contribution < 1.29 is 80.2 Å². The number of rotatable bonds is 77. The van der Waals surface area contributed by atoms with Crippen LogP contribution in [0.3, 0.4) is 0 Å². The lowest BCUT2D eigenvalue weighted by atomic mass is 9.99. The standard InChI is InChI=1S/C78H152O17P2/c1-7-10-12-14-16-18-20-22-23-24-25-29-33-36-42-48-54-60-75(80)88-66-73(94-78(83)63-57-51-44-38-34-30-27-26-28-31-35-41-47-53-59-71(6)9-3)68-92-96(84,85)90-64-72(79)65-91-97(86,87)93-69-74(67-89-76(81)61-55-49-45-39-40-46-52-58-70(4)5)95-77(82)62-56-50-43-37-32-21-19-17-15-13-11-8-2/h70-74,79H,7-69H2,1-6H3,(H,84,85)(H,86,87)/t71?,72-,73-,74-/m1/s1. The lowest BCUT2D eigenvalue weighted by molar-refractivity contribution is -0.161. The summed E-state index contributed by atoms with van der Waals surface area (Å²) in [7, 11) is -9.91. The van der Waals surface area contributed by atoms with Crippen LogP contribution in [0, 0.1) is 11.8 Å². The van der Waals surface area contributed by atoms with Crippen molar-refractivity contribution in [3.63, 3.8) is 0 Å². The van der Waals surface area contributed by atoms with Gasteiger partial charge in [-0.3, -0.25) is 37.3 Å². The normalized spacial score (nSPS) is 14.2. The average molecular weight is 1420 g/mol. The van der Waals surface area contributed by atoms with Gasteiger partial charge in [0.2, 0.25) is 0 Å². The molecule has 0 aromatic heterocycles. The highest BCUT2D eigenvalue weighted by atomic mass is 31.2. The number of aliphatic hydroxyl groups is 1. The molecule has 0 aliphatic heterocycles. The van der Waals surface area contributed by atoms with Crippen LogP contribution in [0.2, 0.25) is 0 Å². The number of esters is 4. The first-order valence-electron chi connectivity index (χ1n) is 40.5. The van der Waals surface area contributed by atoms with E-state index in [4.69, 9.17) is 37.0 Å². The summed E-state index contributed by atoms with van der Waals surface area (Å²) in [6.45, 7) is 9.61. The number of hydrogen-bond acceptors (Lipinski definition) is 15. The highest BCUT2D eigenvalue weighted by Crippen LogP contribution is 2.45. The zero-order valence-electron chi connectivity index (χ0n) is 63.4. The Kier molecular flexibility index (Phi) is 68.4. The van der Waals surface area contributed by atoms with Gasteiger partial charge in [0, 0.05) is 25.7 Å². The van der Waals surface area contributed by atoms with Crippen LogP contribution >= 0.6 is 15.6 Å². The summed E-state index contributed by atoms with van der Waals surface area (Å²) >= 11 is 0. The predicted octanol–water partition coefficient (Wildman–Crippen LogP) is 23.1. The van der Waals surface area contributed by atoms with E-state index in [-0.39, 0.29) is 25.7 Å². The molecule has 6 atom stereocenters. The summed E-state index contributed by atoms with van der Waals surface area (Å²) in [5, 5.41) is 10.6. The smallest absolute Gasteiger partial charge is 0.462 e. The van der Waals surface area contributed by atoms with E-state index in [0.29, 0.717) is 31.6 Å². The zero-order valence-corrected chi connectivity index (χ0v) is 65.2. The summed E-state index contributed by atoms with van der Waals surface area (Å²) in [6.07, 6.45) is 58.2. The molecule has 0 heterocycles. The summed E-state index contributed by atoms with van der Waals surface area (Å²) in [4.78, 5) is 72.9. The van der Waals surface area contributed by atoms with Gasteiger partial charge in [-0.1, -0.05) is 356 Å². The second kappa shape index (κ2) is 69.8. The lowest BCUT2D eigenvalue weighted by Gasteiger charge is -2.21. The van der Waals surface area contributed by atoms with Crippen LogP contribution in [0.25, 0.3) is 0 Å². The van der Waals surface area contributed by atoms with E-state index >= 15 is 0 Å². The van der Waals surface area contributed by atoms with Crippen LogP contribution in [-0.2, 0) is 65.4 Å². The van der Waals surface area contributed by atoms with Crippen molar-refractivity contribution in [2.75, 3.05) is 39.6 Å². The highest BCUT2D eigenvalue weighted by molar-refractivity contribution is 7.47. The van der Waals surface area contributed by atoms with Crippen molar-refractivity contribution in [1.29, 1.82) is 0 Å². The number of hydrogen-bond donors (Lipinski definition) is 3. The van der Waals surface area contributed by atoms with Crippen LogP contribution in [-0.4, -0.2) is 96.7 Å². The fourth-order valence-electron chi connectivity index (χ4n) is 12.0. The Morgan fingerprint density at radius 3 is 0.784 bits per heavy atom. The molecule has 97 heavy (non-hydrogen) atoms. The topological polar surface area (TPSA) is 237 Å². The Labute approximate surface area is 594 Å². The van der Waals surface area contributed by atoms with Gasteiger partial charge < -0.3 is 33.8 Å². The Morgan fingerprint density at radius 1 is 0.299 bits per heavy atom. The Morgan fingerprint density at radius 2 is 0.526 bits per heavy atom. The second-order valence-electron chi connectivity index (χ2n) is 28.8. The number of carbonyl (C=O) groups is 4. The van der Waals surface area contributed by atoms with Crippen molar-refractivity contribution >= 4 is 39.5 Å². The number of carbonyl (C=O) groups excluding carboxylic acids is 4. The van der Waals surface area contributed by atoms with Crippen molar-refractivity contribution in [3.8, 4) is 0 Å². The maximum absolute atomic E-state index is 13.1. The molecule has 3 unspecified atom stereocenters. The van der Waals surface area contributed by atoms with Crippen molar-refractivity contribution in [1.82, 2.24) is 0 Å². The minimum Gasteiger partial charge on any atom is -0.462 e.